The maximum atomic E-state index is 12.7. The molecule has 0 N–H and O–H groups in total. The lowest BCUT2D eigenvalue weighted by molar-refractivity contribution is -0.140. The van der Waals surface area contributed by atoms with E-state index in [1.54, 1.807) is 0 Å². The highest BCUT2D eigenvalue weighted by atomic mass is 32.1. The van der Waals surface area contributed by atoms with Crippen LogP contribution in [0.1, 0.15) is 33.7 Å². The molecule has 3 rings (SSSR count). The molecule has 0 unspecified atom stereocenters. The number of aromatic nitrogens is 1. The van der Waals surface area contributed by atoms with Crippen molar-refractivity contribution in [2.45, 2.75) is 39.5 Å². The number of aryl methyl sites for hydroxylation is 3. The molecular formula is C23H22F3NO3S. The van der Waals surface area contributed by atoms with Gasteiger partial charge in [0, 0.05) is 12.0 Å². The maximum Gasteiger partial charge on any atom is 0.416 e. The zero-order valence-corrected chi connectivity index (χ0v) is 18.2. The Morgan fingerprint density at radius 3 is 2.42 bits per heavy atom. The Morgan fingerprint density at radius 2 is 1.81 bits per heavy atom. The molecule has 164 valence electrons. The lowest BCUT2D eigenvalue weighted by atomic mass is 10.0. The minimum absolute atomic E-state index is 0.246. The number of carbonyl (C=O) groups is 1. The van der Waals surface area contributed by atoms with E-state index < -0.39 is 11.7 Å². The van der Waals surface area contributed by atoms with E-state index in [9.17, 15) is 18.0 Å². The smallest absolute Gasteiger partial charge is 0.416 e. The van der Waals surface area contributed by atoms with Crippen molar-refractivity contribution in [1.29, 1.82) is 0 Å². The van der Waals surface area contributed by atoms with Crippen LogP contribution in [0.3, 0.4) is 0 Å². The highest BCUT2D eigenvalue weighted by molar-refractivity contribution is 7.15. The number of thiazole rings is 1. The van der Waals surface area contributed by atoms with Crippen molar-refractivity contribution in [1.82, 2.24) is 4.98 Å². The number of carbonyl (C=O) groups excluding carboxylic acids is 1. The van der Waals surface area contributed by atoms with E-state index in [1.807, 2.05) is 32.0 Å². The van der Waals surface area contributed by atoms with Crippen LogP contribution >= 0.6 is 11.3 Å². The molecule has 0 aliphatic carbocycles. The molecule has 0 atom stereocenters. The number of hydrogen-bond donors (Lipinski definition) is 0. The summed E-state index contributed by atoms with van der Waals surface area (Å²) >= 11 is 1.40. The van der Waals surface area contributed by atoms with Gasteiger partial charge in [-0.05, 0) is 55.7 Å². The molecule has 0 amide bonds. The van der Waals surface area contributed by atoms with E-state index in [-0.39, 0.29) is 5.97 Å². The van der Waals surface area contributed by atoms with Crippen LogP contribution in [0.25, 0.3) is 10.6 Å². The fourth-order valence-electron chi connectivity index (χ4n) is 3.01. The molecule has 0 saturated carbocycles. The van der Waals surface area contributed by atoms with Crippen LogP contribution in [0.4, 0.5) is 13.2 Å². The van der Waals surface area contributed by atoms with Gasteiger partial charge in [-0.3, -0.25) is 4.79 Å². The first-order chi connectivity index (χ1) is 14.7. The lowest BCUT2D eigenvalue weighted by Gasteiger charge is -2.10. The van der Waals surface area contributed by atoms with Crippen molar-refractivity contribution in [2.75, 3.05) is 7.11 Å². The quantitative estimate of drug-likeness (QED) is 0.407. The van der Waals surface area contributed by atoms with Gasteiger partial charge in [0.15, 0.2) is 0 Å². The predicted octanol–water partition coefficient (Wildman–Crippen LogP) is 6.13. The Bertz CT molecular complexity index is 1060. The monoisotopic (exact) mass is 449 g/mol. The number of benzene rings is 2. The van der Waals surface area contributed by atoms with Crippen LogP contribution in [-0.4, -0.2) is 18.1 Å². The molecule has 8 heteroatoms. The largest absolute Gasteiger partial charge is 0.488 e. The minimum atomic E-state index is -4.36. The Balaban J connectivity index is 1.66. The van der Waals surface area contributed by atoms with Crippen molar-refractivity contribution in [3.05, 3.63) is 69.7 Å². The Hall–Kier alpha value is -2.87. The van der Waals surface area contributed by atoms with Crippen molar-refractivity contribution >= 4 is 17.3 Å². The van der Waals surface area contributed by atoms with E-state index in [1.165, 1.54) is 30.6 Å². The molecular weight excluding hydrogens is 427 g/mol. The first-order valence-corrected chi connectivity index (χ1v) is 10.4. The average molecular weight is 449 g/mol. The fraction of sp³-hybridized carbons (Fsp3) is 0.304. The standard InChI is InChI=1S/C23H22F3NO3S/c1-14-12-19(10-6-16(14)7-11-21(28)29-3)30-13-20-15(2)27-22(31-20)17-4-8-18(9-5-17)23(24,25)26/h4-6,8-10,12H,7,11,13H2,1-3H3. The van der Waals surface area contributed by atoms with E-state index >= 15 is 0 Å². The van der Waals surface area contributed by atoms with Crippen molar-refractivity contribution in [3.63, 3.8) is 0 Å². The maximum absolute atomic E-state index is 12.7. The van der Waals surface area contributed by atoms with Crippen LogP contribution in [-0.2, 0) is 28.7 Å². The van der Waals surface area contributed by atoms with Gasteiger partial charge in [-0.15, -0.1) is 11.3 Å². The molecule has 3 aromatic rings. The molecule has 4 nitrogen and oxygen atoms in total. The number of nitrogens with zero attached hydrogens (tertiary/aromatic N) is 1. The molecule has 0 fully saturated rings. The number of alkyl halides is 3. The average Bonchev–Trinajstić information content (AvgIpc) is 3.11. The van der Waals surface area contributed by atoms with Crippen LogP contribution in [0, 0.1) is 13.8 Å². The summed E-state index contributed by atoms with van der Waals surface area (Å²) in [7, 11) is 1.37. The number of rotatable bonds is 7. The number of ether oxygens (including phenoxy) is 2. The second kappa shape index (κ2) is 9.51. The summed E-state index contributed by atoms with van der Waals surface area (Å²) < 4.78 is 48.8. The predicted molar refractivity (Wildman–Crippen MR) is 113 cm³/mol. The van der Waals surface area contributed by atoms with Crippen molar-refractivity contribution in [3.8, 4) is 16.3 Å². The van der Waals surface area contributed by atoms with Gasteiger partial charge in [0.1, 0.15) is 17.4 Å². The summed E-state index contributed by atoms with van der Waals surface area (Å²) in [5, 5.41) is 0.652. The molecule has 1 heterocycles. The van der Waals surface area contributed by atoms with Gasteiger partial charge >= 0.3 is 12.1 Å². The molecule has 0 radical (unpaired) electrons. The van der Waals surface area contributed by atoms with E-state index in [0.717, 1.165) is 33.8 Å². The van der Waals surface area contributed by atoms with Crippen LogP contribution < -0.4 is 4.74 Å². The van der Waals surface area contributed by atoms with Gasteiger partial charge < -0.3 is 9.47 Å². The Labute approximate surface area is 182 Å². The second-order valence-electron chi connectivity index (χ2n) is 7.06. The zero-order valence-electron chi connectivity index (χ0n) is 17.4. The van der Waals surface area contributed by atoms with Crippen LogP contribution in [0.15, 0.2) is 42.5 Å². The first-order valence-electron chi connectivity index (χ1n) is 9.60. The van der Waals surface area contributed by atoms with Gasteiger partial charge in [0.25, 0.3) is 0 Å². The third-order valence-electron chi connectivity index (χ3n) is 4.86. The van der Waals surface area contributed by atoms with Gasteiger partial charge in [-0.2, -0.15) is 13.2 Å². The molecule has 0 spiro atoms. The minimum Gasteiger partial charge on any atom is -0.488 e. The van der Waals surface area contributed by atoms with E-state index in [0.29, 0.717) is 35.8 Å². The number of methoxy groups -OCH3 is 1. The van der Waals surface area contributed by atoms with Crippen LogP contribution in [0.5, 0.6) is 5.75 Å². The van der Waals surface area contributed by atoms with E-state index in [2.05, 4.69) is 9.72 Å². The molecule has 31 heavy (non-hydrogen) atoms. The number of esters is 1. The molecule has 0 aliphatic heterocycles. The normalized spacial score (nSPS) is 11.4. The topological polar surface area (TPSA) is 48.4 Å². The molecule has 1 aromatic heterocycles. The van der Waals surface area contributed by atoms with Crippen molar-refractivity contribution in [2.24, 2.45) is 0 Å². The first kappa shape index (κ1) is 22.8. The summed E-state index contributed by atoms with van der Waals surface area (Å²) in [6.07, 6.45) is -3.43. The SMILES string of the molecule is COC(=O)CCc1ccc(OCc2sc(-c3ccc(C(F)(F)F)cc3)nc2C)cc1C. The van der Waals surface area contributed by atoms with Gasteiger partial charge in [-0.1, -0.05) is 18.2 Å². The van der Waals surface area contributed by atoms with Crippen molar-refractivity contribution < 1.29 is 27.4 Å². The zero-order chi connectivity index (χ0) is 22.6. The fourth-order valence-corrected chi connectivity index (χ4v) is 3.99. The second-order valence-corrected chi connectivity index (χ2v) is 8.14. The molecule has 2 aromatic carbocycles. The Morgan fingerprint density at radius 1 is 1.10 bits per heavy atom. The number of halogens is 3. The lowest BCUT2D eigenvalue weighted by Crippen LogP contribution is -2.03. The summed E-state index contributed by atoms with van der Waals surface area (Å²) in [4.78, 5) is 16.7. The highest BCUT2D eigenvalue weighted by Gasteiger charge is 2.30. The molecule has 0 bridgehead atoms. The summed E-state index contributed by atoms with van der Waals surface area (Å²) in [5.74, 6) is 0.451. The Kier molecular flexibility index (Phi) is 7.00. The van der Waals surface area contributed by atoms with Gasteiger partial charge in [0.05, 0.1) is 23.2 Å². The summed E-state index contributed by atoms with van der Waals surface area (Å²) in [5.41, 5.74) is 2.81. The molecule has 0 saturated heterocycles. The summed E-state index contributed by atoms with van der Waals surface area (Å²) in [6.45, 7) is 4.12. The van der Waals surface area contributed by atoms with Gasteiger partial charge in [0.2, 0.25) is 0 Å². The highest BCUT2D eigenvalue weighted by Crippen LogP contribution is 2.33. The number of hydrogen-bond acceptors (Lipinski definition) is 5. The molecule has 0 aliphatic rings. The van der Waals surface area contributed by atoms with Crippen LogP contribution in [0.2, 0.25) is 0 Å². The summed E-state index contributed by atoms with van der Waals surface area (Å²) in [6, 6.07) is 10.7. The van der Waals surface area contributed by atoms with E-state index in [4.69, 9.17) is 4.74 Å². The third-order valence-corrected chi connectivity index (χ3v) is 6.04. The van der Waals surface area contributed by atoms with Gasteiger partial charge in [-0.25, -0.2) is 4.98 Å². The third kappa shape index (κ3) is 5.85.